The number of ether oxygens (including phenoxy) is 1. The van der Waals surface area contributed by atoms with Crippen molar-refractivity contribution in [3.05, 3.63) is 46.6 Å². The number of rotatable bonds is 7. The molecular formula is C18H25ClN2O2. The van der Waals surface area contributed by atoms with Crippen molar-refractivity contribution in [3.63, 3.8) is 0 Å². The molecule has 0 spiro atoms. The van der Waals surface area contributed by atoms with E-state index >= 15 is 0 Å². The third kappa shape index (κ3) is 6.24. The Hall–Kier alpha value is -1.52. The summed E-state index contributed by atoms with van der Waals surface area (Å²) in [5.74, 6) is -0.357. The molecule has 0 aliphatic carbocycles. The largest absolute Gasteiger partial charge is 0.462 e. The molecule has 126 valence electrons. The lowest BCUT2D eigenvalue weighted by Gasteiger charge is -2.24. The summed E-state index contributed by atoms with van der Waals surface area (Å²) in [4.78, 5) is 13.9. The Balaban J connectivity index is 1.73. The van der Waals surface area contributed by atoms with E-state index in [-0.39, 0.29) is 5.97 Å². The molecule has 0 saturated carbocycles. The van der Waals surface area contributed by atoms with Gasteiger partial charge >= 0.3 is 5.97 Å². The second-order valence-corrected chi connectivity index (χ2v) is 6.51. The molecular weight excluding hydrogens is 312 g/mol. The fraction of sp³-hybridized carbons (Fsp3) is 0.500. The van der Waals surface area contributed by atoms with Crippen LogP contribution in [0.3, 0.4) is 0 Å². The van der Waals surface area contributed by atoms with Gasteiger partial charge in [-0.3, -0.25) is 4.90 Å². The smallest absolute Gasteiger partial charge is 0.332 e. The molecule has 0 radical (unpaired) electrons. The van der Waals surface area contributed by atoms with E-state index in [2.05, 4.69) is 17.0 Å². The van der Waals surface area contributed by atoms with Gasteiger partial charge in [-0.1, -0.05) is 23.7 Å². The van der Waals surface area contributed by atoms with Crippen LogP contribution in [0.5, 0.6) is 0 Å². The average molecular weight is 337 g/mol. The monoisotopic (exact) mass is 336 g/mol. The first kappa shape index (κ1) is 17.8. The van der Waals surface area contributed by atoms with Crippen LogP contribution in [0.4, 0.5) is 0 Å². The summed E-state index contributed by atoms with van der Waals surface area (Å²) in [7, 11) is 0. The fourth-order valence-electron chi connectivity index (χ4n) is 2.98. The number of nitrogens with two attached hydrogens (primary N) is 1. The lowest BCUT2D eigenvalue weighted by molar-refractivity contribution is -0.138. The molecule has 1 heterocycles. The maximum atomic E-state index is 11.4. The summed E-state index contributed by atoms with van der Waals surface area (Å²) in [6, 6.07) is 8.66. The molecule has 1 atom stereocenters. The minimum Gasteiger partial charge on any atom is -0.462 e. The van der Waals surface area contributed by atoms with E-state index in [1.54, 1.807) is 6.92 Å². The van der Waals surface area contributed by atoms with Crippen LogP contribution in [0.15, 0.2) is 36.0 Å². The van der Waals surface area contributed by atoms with Crippen molar-refractivity contribution in [2.45, 2.75) is 38.6 Å². The number of carbonyl (C=O) groups is 1. The summed E-state index contributed by atoms with van der Waals surface area (Å²) in [6.07, 6.45) is 5.66. The zero-order valence-electron chi connectivity index (χ0n) is 13.6. The van der Waals surface area contributed by atoms with Crippen LogP contribution in [-0.2, 0) is 16.0 Å². The first-order valence-electron chi connectivity index (χ1n) is 8.13. The molecule has 1 aromatic carbocycles. The van der Waals surface area contributed by atoms with Gasteiger partial charge in [0.05, 0.1) is 6.61 Å². The number of nitrogens with zero attached hydrogens (tertiary/aromatic N) is 1. The third-order valence-corrected chi connectivity index (χ3v) is 4.32. The molecule has 4 nitrogen and oxygen atoms in total. The summed E-state index contributed by atoms with van der Waals surface area (Å²) in [5, 5.41) is 0.778. The second kappa shape index (κ2) is 8.94. The zero-order chi connectivity index (χ0) is 16.7. The SMILES string of the molecule is C/C(N)=C/C(=O)OCCCN1CCCC1Cc1ccc(Cl)cc1. The highest BCUT2D eigenvalue weighted by Crippen LogP contribution is 2.22. The molecule has 0 bridgehead atoms. The Morgan fingerprint density at radius 3 is 2.87 bits per heavy atom. The molecule has 2 N–H and O–H groups in total. The van der Waals surface area contributed by atoms with E-state index in [0.29, 0.717) is 18.3 Å². The van der Waals surface area contributed by atoms with Gasteiger partial charge in [0, 0.05) is 29.4 Å². The number of esters is 1. The third-order valence-electron chi connectivity index (χ3n) is 4.06. The summed E-state index contributed by atoms with van der Waals surface area (Å²) >= 11 is 5.93. The van der Waals surface area contributed by atoms with Crippen LogP contribution in [-0.4, -0.2) is 36.6 Å². The Kier molecular flexibility index (Phi) is 6.93. The van der Waals surface area contributed by atoms with E-state index in [4.69, 9.17) is 22.1 Å². The first-order chi connectivity index (χ1) is 11.0. The highest BCUT2D eigenvalue weighted by molar-refractivity contribution is 6.30. The van der Waals surface area contributed by atoms with E-state index in [9.17, 15) is 4.79 Å². The second-order valence-electron chi connectivity index (χ2n) is 6.07. The normalized spacial score (nSPS) is 19.0. The molecule has 2 rings (SSSR count). The molecule has 1 unspecified atom stereocenters. The zero-order valence-corrected chi connectivity index (χ0v) is 14.4. The minimum atomic E-state index is -0.357. The average Bonchev–Trinajstić information content (AvgIpc) is 2.92. The number of likely N-dealkylation sites (tertiary alicyclic amines) is 1. The van der Waals surface area contributed by atoms with Crippen molar-refractivity contribution >= 4 is 17.6 Å². The van der Waals surface area contributed by atoms with Crippen molar-refractivity contribution in [1.29, 1.82) is 0 Å². The predicted octanol–water partition coefficient (Wildman–Crippen LogP) is 3.14. The number of carbonyl (C=O) groups excluding carboxylic acids is 1. The molecule has 0 aromatic heterocycles. The van der Waals surface area contributed by atoms with Gasteiger partial charge in [-0.05, 0) is 56.8 Å². The van der Waals surface area contributed by atoms with Crippen molar-refractivity contribution < 1.29 is 9.53 Å². The van der Waals surface area contributed by atoms with Crippen LogP contribution in [0, 0.1) is 0 Å². The highest BCUT2D eigenvalue weighted by atomic mass is 35.5. The van der Waals surface area contributed by atoms with Gasteiger partial charge in [-0.15, -0.1) is 0 Å². The summed E-state index contributed by atoms with van der Waals surface area (Å²) in [6.45, 7) is 4.19. The van der Waals surface area contributed by atoms with Crippen LogP contribution in [0.1, 0.15) is 31.7 Å². The highest BCUT2D eigenvalue weighted by Gasteiger charge is 2.24. The summed E-state index contributed by atoms with van der Waals surface area (Å²) in [5.41, 5.74) is 7.23. The van der Waals surface area contributed by atoms with Gasteiger partial charge in [0.1, 0.15) is 0 Å². The van der Waals surface area contributed by atoms with Crippen LogP contribution in [0.25, 0.3) is 0 Å². The van der Waals surface area contributed by atoms with Crippen molar-refractivity contribution in [1.82, 2.24) is 4.90 Å². The van der Waals surface area contributed by atoms with Crippen LogP contribution in [0.2, 0.25) is 5.02 Å². The summed E-state index contributed by atoms with van der Waals surface area (Å²) < 4.78 is 5.14. The fourth-order valence-corrected chi connectivity index (χ4v) is 3.11. The molecule has 1 saturated heterocycles. The first-order valence-corrected chi connectivity index (χ1v) is 8.51. The maximum Gasteiger partial charge on any atom is 0.332 e. The Labute approximate surface area is 143 Å². The number of allylic oxidation sites excluding steroid dienone is 1. The van der Waals surface area contributed by atoms with Gasteiger partial charge in [-0.25, -0.2) is 4.79 Å². The number of benzene rings is 1. The van der Waals surface area contributed by atoms with Gasteiger partial charge < -0.3 is 10.5 Å². The van der Waals surface area contributed by atoms with Gasteiger partial charge in [-0.2, -0.15) is 0 Å². The molecule has 5 heteroatoms. The quantitative estimate of drug-likeness (QED) is 0.472. The van der Waals surface area contributed by atoms with Gasteiger partial charge in [0.15, 0.2) is 0 Å². The molecule has 1 aromatic rings. The number of hydrogen-bond acceptors (Lipinski definition) is 4. The van der Waals surface area contributed by atoms with Gasteiger partial charge in [0.2, 0.25) is 0 Å². The molecule has 1 fully saturated rings. The van der Waals surface area contributed by atoms with E-state index < -0.39 is 0 Å². The van der Waals surface area contributed by atoms with Crippen LogP contribution >= 0.6 is 11.6 Å². The molecule has 1 aliphatic rings. The Bertz CT molecular complexity index is 538. The van der Waals surface area contributed by atoms with E-state index in [1.807, 2.05) is 12.1 Å². The topological polar surface area (TPSA) is 55.6 Å². The number of hydrogen-bond donors (Lipinski definition) is 1. The number of halogens is 1. The minimum absolute atomic E-state index is 0.357. The molecule has 23 heavy (non-hydrogen) atoms. The van der Waals surface area contributed by atoms with Crippen molar-refractivity contribution in [3.8, 4) is 0 Å². The lowest BCUT2D eigenvalue weighted by Crippen LogP contribution is -2.32. The van der Waals surface area contributed by atoms with Crippen LogP contribution < -0.4 is 5.73 Å². The molecule has 1 aliphatic heterocycles. The Morgan fingerprint density at radius 2 is 2.17 bits per heavy atom. The van der Waals surface area contributed by atoms with Gasteiger partial charge in [0.25, 0.3) is 0 Å². The Morgan fingerprint density at radius 1 is 1.43 bits per heavy atom. The maximum absolute atomic E-state index is 11.4. The predicted molar refractivity (Wildman–Crippen MR) is 93.3 cm³/mol. The lowest BCUT2D eigenvalue weighted by atomic mass is 10.0. The standard InChI is InChI=1S/C18H25ClN2O2/c1-14(20)12-18(22)23-11-3-10-21-9-2-4-17(21)13-15-5-7-16(19)8-6-15/h5-8,12,17H,2-4,9-11,13,20H2,1H3/b14-12-. The van der Waals surface area contributed by atoms with E-state index in [1.165, 1.54) is 24.5 Å². The van der Waals surface area contributed by atoms with Crippen molar-refractivity contribution in [2.24, 2.45) is 5.73 Å². The molecule has 0 amide bonds. The van der Waals surface area contributed by atoms with Crippen molar-refractivity contribution in [2.75, 3.05) is 19.7 Å². The van der Waals surface area contributed by atoms with E-state index in [0.717, 1.165) is 31.0 Å².